The molecule has 11 aromatic rings. The maximum atomic E-state index is 5.10. The largest absolute Gasteiger partial charge is 2.00 e. The van der Waals surface area contributed by atoms with E-state index in [9.17, 15) is 0 Å². The fourth-order valence-corrected chi connectivity index (χ4v) is 10.1. The first kappa shape index (κ1) is 43.6. The van der Waals surface area contributed by atoms with Gasteiger partial charge in [0.05, 0.1) is 23.7 Å². The predicted octanol–water partition coefficient (Wildman–Crippen LogP) is 16.6. The molecular weight excluding hydrogens is 1020 g/mol. The minimum absolute atomic E-state index is 0. The predicted molar refractivity (Wildman–Crippen MR) is 283 cm³/mol. The van der Waals surface area contributed by atoms with Crippen LogP contribution in [-0.2, 0) is 21.1 Å². The van der Waals surface area contributed by atoms with E-state index < -0.39 is 0 Å². The Balaban J connectivity index is 0.00000520. The smallest absolute Gasteiger partial charge is 0.357 e. The summed E-state index contributed by atoms with van der Waals surface area (Å²) in [5.41, 5.74) is 17.3. The molecule has 0 atom stereocenters. The molecule has 6 heteroatoms. The summed E-state index contributed by atoms with van der Waals surface area (Å²) in [5, 5.41) is 2.25. The van der Waals surface area contributed by atoms with Crippen molar-refractivity contribution in [2.75, 3.05) is 21.4 Å². The summed E-state index contributed by atoms with van der Waals surface area (Å²) in [4.78, 5) is 12.2. The van der Waals surface area contributed by atoms with Gasteiger partial charge in [-0.15, -0.1) is 35.7 Å². The summed E-state index contributed by atoms with van der Waals surface area (Å²) < 4.78 is 2.29. The van der Waals surface area contributed by atoms with Gasteiger partial charge in [0.25, 0.3) is 0 Å². The fraction of sp³-hybridized carbons (Fsp3) is 0.0635. The molecule has 0 radical (unpaired) electrons. The Morgan fingerprint density at radius 3 is 1.81 bits per heavy atom. The Hall–Kier alpha value is -7.98. The van der Waals surface area contributed by atoms with Crippen molar-refractivity contribution in [2.24, 2.45) is 0 Å². The zero-order chi connectivity index (χ0) is 45.6. The van der Waals surface area contributed by atoms with E-state index in [0.717, 1.165) is 95.3 Å². The monoisotopic (exact) mass is 1070 g/mol. The van der Waals surface area contributed by atoms with Crippen molar-refractivity contribution in [3.8, 4) is 39.2 Å². The van der Waals surface area contributed by atoms with Crippen LogP contribution in [0, 0.1) is 12.1 Å². The van der Waals surface area contributed by atoms with E-state index >= 15 is 0 Å². The van der Waals surface area contributed by atoms with Gasteiger partial charge in [-0.3, -0.25) is 0 Å². The average Bonchev–Trinajstić information content (AvgIpc) is 3.96. The molecule has 0 saturated carbocycles. The van der Waals surface area contributed by atoms with Crippen LogP contribution in [0.15, 0.2) is 231 Å². The van der Waals surface area contributed by atoms with Crippen molar-refractivity contribution in [1.29, 1.82) is 0 Å². The number of hydrogen-bond donors (Lipinski definition) is 0. The minimum Gasteiger partial charge on any atom is -0.357 e. The molecule has 0 fully saturated rings. The number of para-hydroxylation sites is 5. The fourth-order valence-electron chi connectivity index (χ4n) is 10.1. The summed E-state index contributed by atoms with van der Waals surface area (Å²) in [6.45, 7) is 5.16. The first-order chi connectivity index (χ1) is 33.6. The molecule has 0 saturated heterocycles. The molecule has 3 heterocycles. The van der Waals surface area contributed by atoms with Gasteiger partial charge in [-0.1, -0.05) is 188 Å². The number of benzene rings is 9. The number of anilines is 7. The third kappa shape index (κ3) is 7.89. The zero-order valence-electron chi connectivity index (χ0n) is 38.3. The van der Waals surface area contributed by atoms with Gasteiger partial charge in [0.1, 0.15) is 5.82 Å². The van der Waals surface area contributed by atoms with E-state index in [0.29, 0.717) is 12.6 Å². The van der Waals surface area contributed by atoms with Gasteiger partial charge >= 0.3 is 21.1 Å². The molecule has 0 unspecified atom stereocenters. The molecule has 0 spiro atoms. The van der Waals surface area contributed by atoms with Crippen molar-refractivity contribution < 1.29 is 21.1 Å². The van der Waals surface area contributed by atoms with Crippen LogP contribution in [0.5, 0.6) is 0 Å². The maximum absolute atomic E-state index is 5.10. The number of nitrogens with zero attached hydrogens (tertiary/aromatic N) is 5. The Morgan fingerprint density at radius 2 is 1.09 bits per heavy atom. The number of aromatic nitrogens is 2. The van der Waals surface area contributed by atoms with Crippen LogP contribution >= 0.6 is 0 Å². The molecule has 1 aliphatic rings. The molecule has 1 aliphatic heterocycles. The topological polar surface area (TPSA) is 27.5 Å². The maximum Gasteiger partial charge on any atom is 2.00 e. The zero-order valence-corrected chi connectivity index (χ0v) is 40.5. The second kappa shape index (κ2) is 18.6. The first-order valence-electron chi connectivity index (χ1n) is 23.4. The van der Waals surface area contributed by atoms with Gasteiger partial charge in [-0.05, 0) is 81.6 Å². The van der Waals surface area contributed by atoms with Gasteiger partial charge in [-0.25, -0.2) is 4.98 Å². The third-order valence-electron chi connectivity index (χ3n) is 13.2. The van der Waals surface area contributed by atoms with Crippen molar-refractivity contribution in [3.05, 3.63) is 248 Å². The van der Waals surface area contributed by atoms with Gasteiger partial charge in [0.15, 0.2) is 0 Å². The Labute approximate surface area is 418 Å². The van der Waals surface area contributed by atoms with Gasteiger partial charge < -0.3 is 19.3 Å². The molecule has 2 aromatic heterocycles. The molecular formula is C63H47N5Pt. The number of fused-ring (bicyclic) bond motifs is 4. The molecule has 0 N–H and O–H groups in total. The van der Waals surface area contributed by atoms with Crippen molar-refractivity contribution >= 4 is 61.6 Å². The van der Waals surface area contributed by atoms with Crippen molar-refractivity contribution in [1.82, 2.24) is 9.55 Å². The van der Waals surface area contributed by atoms with Crippen molar-refractivity contribution in [2.45, 2.75) is 19.8 Å². The minimum atomic E-state index is 0. The van der Waals surface area contributed by atoms with Crippen LogP contribution in [0.4, 0.5) is 39.8 Å². The van der Waals surface area contributed by atoms with E-state index in [2.05, 4.69) is 270 Å². The Morgan fingerprint density at radius 1 is 0.493 bits per heavy atom. The first-order valence-corrected chi connectivity index (χ1v) is 23.4. The molecule has 12 rings (SSSR count). The summed E-state index contributed by atoms with van der Waals surface area (Å²) in [5.74, 6) is 1.21. The normalized spacial score (nSPS) is 12.1. The molecule has 9 aromatic carbocycles. The number of hydrogen-bond acceptors (Lipinski definition) is 4. The van der Waals surface area contributed by atoms with E-state index in [-0.39, 0.29) is 21.1 Å². The molecule has 334 valence electrons. The summed E-state index contributed by atoms with van der Waals surface area (Å²) in [6.07, 6.45) is 1.94. The van der Waals surface area contributed by atoms with E-state index in [1.165, 1.54) is 11.1 Å². The molecule has 0 bridgehead atoms. The number of pyridine rings is 1. The van der Waals surface area contributed by atoms with Crippen LogP contribution in [0.2, 0.25) is 0 Å². The second-order valence-electron chi connectivity index (χ2n) is 17.6. The molecule has 5 nitrogen and oxygen atoms in total. The SMILES string of the molecule is CC(C)c1ccccc1-c1ccnc(-n2c3[c-]c(N(c4[c-]c(N5CN(c6ccccc6)c6ccccc65)ccc4)c4c(-c5ccccc5)cccc4-c4ccccc4)ccc3c3ccccc32)c1.[Pt+2]. The van der Waals surface area contributed by atoms with E-state index in [1.807, 2.05) is 6.20 Å². The van der Waals surface area contributed by atoms with Crippen LogP contribution in [0.25, 0.3) is 61.0 Å². The van der Waals surface area contributed by atoms with Gasteiger partial charge in [0.2, 0.25) is 0 Å². The third-order valence-corrected chi connectivity index (χ3v) is 13.2. The van der Waals surface area contributed by atoms with Crippen LogP contribution in [0.3, 0.4) is 0 Å². The number of rotatable bonds is 10. The van der Waals surface area contributed by atoms with Crippen LogP contribution in [0.1, 0.15) is 25.3 Å². The standard InChI is InChI=1S/C63H47N5.Pt/c1-44(2)52-28-12-13-29-53(52)47-38-39-64-62(40-47)68-58-33-15-14-30-56(58)57-37-36-51(42-61(57)68)67(63-54(45-20-6-3-7-21-45)31-19-32-55(63)46-22-8-4-9-23-46)50-27-18-26-49(41-50)66-43-65(48-24-10-5-11-25-48)59-34-16-17-35-60(59)66;/h3-40,44H,43H2,1-2H3;/q-2;+2. The van der Waals surface area contributed by atoms with E-state index in [1.54, 1.807) is 0 Å². The van der Waals surface area contributed by atoms with Crippen LogP contribution in [-0.4, -0.2) is 16.2 Å². The van der Waals surface area contributed by atoms with Gasteiger partial charge in [-0.2, -0.15) is 12.1 Å². The summed E-state index contributed by atoms with van der Waals surface area (Å²) >= 11 is 0. The van der Waals surface area contributed by atoms with Crippen molar-refractivity contribution in [3.63, 3.8) is 0 Å². The van der Waals surface area contributed by atoms with Gasteiger partial charge in [0, 0.05) is 28.5 Å². The quantitative estimate of drug-likeness (QED) is 0.128. The Bertz CT molecular complexity index is 3550. The van der Waals surface area contributed by atoms with E-state index in [4.69, 9.17) is 4.98 Å². The molecule has 0 amide bonds. The molecule has 69 heavy (non-hydrogen) atoms. The van der Waals surface area contributed by atoms with Crippen LogP contribution < -0.4 is 14.7 Å². The summed E-state index contributed by atoms with van der Waals surface area (Å²) in [7, 11) is 0. The average molecular weight is 1070 g/mol. The second-order valence-corrected chi connectivity index (χ2v) is 17.6. The molecule has 0 aliphatic carbocycles. The summed E-state index contributed by atoms with van der Waals surface area (Å²) in [6, 6.07) is 88.1. The Kier molecular flexibility index (Phi) is 11.7.